The third kappa shape index (κ3) is 2.46. The molecule has 2 aliphatic rings. The molecule has 18 heavy (non-hydrogen) atoms. The minimum Gasteiger partial charge on any atom is -0.392 e. The average Bonchev–Trinajstić information content (AvgIpc) is 2.90. The predicted molar refractivity (Wildman–Crippen MR) is 73.9 cm³/mol. The van der Waals surface area contributed by atoms with Crippen molar-refractivity contribution in [2.24, 2.45) is 0 Å². The van der Waals surface area contributed by atoms with Gasteiger partial charge in [0.25, 0.3) is 0 Å². The van der Waals surface area contributed by atoms with Crippen LogP contribution in [0.15, 0.2) is 0 Å². The minimum atomic E-state index is -0.225. The molecule has 2 atom stereocenters. The quantitative estimate of drug-likeness (QED) is 0.912. The van der Waals surface area contributed by atoms with Crippen LogP contribution in [-0.4, -0.2) is 33.7 Å². The van der Waals surface area contributed by atoms with E-state index in [2.05, 4.69) is 4.90 Å². The van der Waals surface area contributed by atoms with Gasteiger partial charge < -0.3 is 5.11 Å². The molecule has 1 aliphatic carbocycles. The van der Waals surface area contributed by atoms with Crippen LogP contribution in [0.5, 0.6) is 0 Å². The van der Waals surface area contributed by atoms with E-state index in [-0.39, 0.29) is 6.10 Å². The Bertz CT molecular complexity index is 394. The number of fused-ring (bicyclic) bond motifs is 1. The smallest absolute Gasteiger partial charge is 0.107 e. The van der Waals surface area contributed by atoms with Gasteiger partial charge in [-0.25, -0.2) is 4.98 Å². The number of aliphatic hydroxyl groups is 1. The van der Waals surface area contributed by atoms with Crippen molar-refractivity contribution in [3.63, 3.8) is 0 Å². The first kappa shape index (κ1) is 12.6. The summed E-state index contributed by atoms with van der Waals surface area (Å²) >= 11 is 1.89. The molecule has 2 heterocycles. The van der Waals surface area contributed by atoms with Crippen molar-refractivity contribution in [1.82, 2.24) is 9.88 Å². The number of rotatable bonds is 3. The lowest BCUT2D eigenvalue weighted by atomic mass is 9.98. The molecule has 0 spiro atoms. The first-order valence-electron chi connectivity index (χ1n) is 7.13. The monoisotopic (exact) mass is 266 g/mol. The Balaban J connectivity index is 1.69. The second-order valence-electron chi connectivity index (χ2n) is 5.61. The number of aliphatic hydroxyl groups excluding tert-OH is 1. The van der Waals surface area contributed by atoms with E-state index < -0.39 is 0 Å². The number of hydrogen-bond acceptors (Lipinski definition) is 4. The maximum atomic E-state index is 9.88. The predicted octanol–water partition coefficient (Wildman–Crippen LogP) is 2.37. The molecule has 1 fully saturated rings. The first-order chi connectivity index (χ1) is 8.74. The van der Waals surface area contributed by atoms with Gasteiger partial charge in [-0.2, -0.15) is 0 Å². The van der Waals surface area contributed by atoms with E-state index in [1.54, 1.807) is 0 Å². The van der Waals surface area contributed by atoms with Crippen LogP contribution >= 0.6 is 11.3 Å². The second kappa shape index (κ2) is 5.27. The molecule has 1 aliphatic heterocycles. The molecular formula is C14H22N2OS. The van der Waals surface area contributed by atoms with Crippen molar-refractivity contribution in [3.8, 4) is 0 Å². The normalized spacial score (nSPS) is 26.2. The number of hydrogen-bond donors (Lipinski definition) is 1. The van der Waals surface area contributed by atoms with Gasteiger partial charge >= 0.3 is 0 Å². The summed E-state index contributed by atoms with van der Waals surface area (Å²) in [7, 11) is 0. The number of thiazole rings is 1. The Kier molecular flexibility index (Phi) is 3.68. The fraction of sp³-hybridized carbons (Fsp3) is 0.786. The molecule has 1 aromatic heterocycles. The lowest BCUT2D eigenvalue weighted by molar-refractivity contribution is 0.0316. The minimum absolute atomic E-state index is 0.225. The number of nitrogens with zero attached hydrogens (tertiary/aromatic N) is 2. The third-order valence-corrected chi connectivity index (χ3v) is 5.34. The Morgan fingerprint density at radius 1 is 1.39 bits per heavy atom. The highest BCUT2D eigenvalue weighted by Crippen LogP contribution is 2.30. The van der Waals surface area contributed by atoms with Crippen molar-refractivity contribution in [2.45, 2.75) is 64.1 Å². The zero-order chi connectivity index (χ0) is 12.5. The van der Waals surface area contributed by atoms with Crippen molar-refractivity contribution >= 4 is 11.3 Å². The molecule has 1 saturated heterocycles. The Morgan fingerprint density at radius 3 is 3.06 bits per heavy atom. The van der Waals surface area contributed by atoms with Gasteiger partial charge in [-0.15, -0.1) is 11.3 Å². The summed E-state index contributed by atoms with van der Waals surface area (Å²) in [6.07, 6.45) is 7.10. The van der Waals surface area contributed by atoms with E-state index in [4.69, 9.17) is 4.98 Å². The standard InChI is InChI=1S/C14H22N2OS/c1-10(17)12-6-2-3-8-16(12)9-14-15-11-5-4-7-13(11)18-14/h10,12,17H,2-9H2,1H3. The van der Waals surface area contributed by atoms with Crippen molar-refractivity contribution < 1.29 is 5.11 Å². The second-order valence-corrected chi connectivity index (χ2v) is 6.77. The molecule has 0 aromatic carbocycles. The molecule has 3 nitrogen and oxygen atoms in total. The summed E-state index contributed by atoms with van der Waals surface area (Å²) in [5, 5.41) is 11.1. The molecule has 0 bridgehead atoms. The fourth-order valence-corrected chi connectivity index (χ4v) is 4.43. The molecule has 0 saturated carbocycles. The van der Waals surface area contributed by atoms with E-state index in [0.29, 0.717) is 6.04 Å². The van der Waals surface area contributed by atoms with Crippen LogP contribution in [-0.2, 0) is 19.4 Å². The number of aromatic nitrogens is 1. The summed E-state index contributed by atoms with van der Waals surface area (Å²) in [5.74, 6) is 0. The lowest BCUT2D eigenvalue weighted by Crippen LogP contribution is -2.45. The van der Waals surface area contributed by atoms with Gasteiger partial charge in [0.15, 0.2) is 0 Å². The van der Waals surface area contributed by atoms with Crippen LogP contribution in [0.25, 0.3) is 0 Å². The number of piperidine rings is 1. The Hall–Kier alpha value is -0.450. The molecule has 1 N–H and O–H groups in total. The van der Waals surface area contributed by atoms with Crippen LogP contribution in [0, 0.1) is 0 Å². The van der Waals surface area contributed by atoms with Crippen LogP contribution in [0.4, 0.5) is 0 Å². The van der Waals surface area contributed by atoms with Crippen molar-refractivity contribution in [1.29, 1.82) is 0 Å². The van der Waals surface area contributed by atoms with Crippen LogP contribution < -0.4 is 0 Å². The van der Waals surface area contributed by atoms with Crippen molar-refractivity contribution in [3.05, 3.63) is 15.6 Å². The molecule has 1 aromatic rings. The van der Waals surface area contributed by atoms with Crippen LogP contribution in [0.2, 0.25) is 0 Å². The maximum absolute atomic E-state index is 9.88. The highest BCUT2D eigenvalue weighted by Gasteiger charge is 2.27. The number of aryl methyl sites for hydroxylation is 2. The van der Waals surface area contributed by atoms with Gasteiger partial charge in [0.1, 0.15) is 5.01 Å². The lowest BCUT2D eigenvalue weighted by Gasteiger charge is -2.36. The van der Waals surface area contributed by atoms with Crippen molar-refractivity contribution in [2.75, 3.05) is 6.54 Å². The molecular weight excluding hydrogens is 244 g/mol. The Labute approximate surface area is 113 Å². The zero-order valence-electron chi connectivity index (χ0n) is 11.1. The van der Waals surface area contributed by atoms with Gasteiger partial charge in [0.2, 0.25) is 0 Å². The molecule has 0 amide bonds. The SMILES string of the molecule is CC(O)C1CCCCN1Cc1nc2c(s1)CCC2. The van der Waals surface area contributed by atoms with Crippen LogP contribution in [0.3, 0.4) is 0 Å². The first-order valence-corrected chi connectivity index (χ1v) is 7.95. The molecule has 2 unspecified atom stereocenters. The van der Waals surface area contributed by atoms with Gasteiger partial charge in [-0.05, 0) is 45.6 Å². The zero-order valence-corrected chi connectivity index (χ0v) is 11.9. The summed E-state index contributed by atoms with van der Waals surface area (Å²) in [6.45, 7) is 3.97. The fourth-order valence-electron chi connectivity index (χ4n) is 3.24. The molecule has 100 valence electrons. The van der Waals surface area contributed by atoms with Crippen LogP contribution in [0.1, 0.15) is 48.2 Å². The summed E-state index contributed by atoms with van der Waals surface area (Å²) < 4.78 is 0. The third-order valence-electron chi connectivity index (χ3n) is 4.20. The van der Waals surface area contributed by atoms with Gasteiger partial charge in [0, 0.05) is 10.9 Å². The van der Waals surface area contributed by atoms with E-state index in [1.165, 1.54) is 47.7 Å². The van der Waals surface area contributed by atoms with E-state index in [0.717, 1.165) is 19.5 Å². The highest BCUT2D eigenvalue weighted by molar-refractivity contribution is 7.11. The number of likely N-dealkylation sites (tertiary alicyclic amines) is 1. The molecule has 3 rings (SSSR count). The van der Waals surface area contributed by atoms with Gasteiger partial charge in [-0.1, -0.05) is 6.42 Å². The molecule has 0 radical (unpaired) electrons. The van der Waals surface area contributed by atoms with E-state index >= 15 is 0 Å². The van der Waals surface area contributed by atoms with Gasteiger partial charge in [-0.3, -0.25) is 4.90 Å². The van der Waals surface area contributed by atoms with Gasteiger partial charge in [0.05, 0.1) is 18.3 Å². The Morgan fingerprint density at radius 2 is 2.28 bits per heavy atom. The average molecular weight is 266 g/mol. The maximum Gasteiger partial charge on any atom is 0.107 e. The molecule has 4 heteroatoms. The summed E-state index contributed by atoms with van der Waals surface area (Å²) in [4.78, 5) is 8.72. The highest BCUT2D eigenvalue weighted by atomic mass is 32.1. The largest absolute Gasteiger partial charge is 0.392 e. The van der Waals surface area contributed by atoms with E-state index in [9.17, 15) is 5.11 Å². The topological polar surface area (TPSA) is 36.4 Å². The van der Waals surface area contributed by atoms with E-state index in [1.807, 2.05) is 18.3 Å². The summed E-state index contributed by atoms with van der Waals surface area (Å²) in [6, 6.07) is 0.331. The summed E-state index contributed by atoms with van der Waals surface area (Å²) in [5.41, 5.74) is 1.35.